The smallest absolute Gasteiger partial charge is 0.306 e. The molecule has 7 nitrogen and oxygen atoms in total. The average Bonchev–Trinajstić information content (AvgIpc) is 2.34. The summed E-state index contributed by atoms with van der Waals surface area (Å²) in [5.41, 5.74) is -1.32. The van der Waals surface area contributed by atoms with Crippen molar-refractivity contribution >= 4 is 11.9 Å². The third-order valence-electron chi connectivity index (χ3n) is 2.79. The van der Waals surface area contributed by atoms with Crippen LogP contribution in [0.4, 0.5) is 0 Å². The molecule has 0 aromatic rings. The van der Waals surface area contributed by atoms with E-state index in [0.717, 1.165) is 0 Å². The summed E-state index contributed by atoms with van der Waals surface area (Å²) >= 11 is 0. The molecule has 0 aromatic carbocycles. The number of carbonyl (C=O) groups excluding carboxylic acids is 2. The molecule has 0 aromatic heterocycles. The monoisotopic (exact) mass is 275 g/mol. The molecule has 0 amide bonds. The van der Waals surface area contributed by atoms with Crippen molar-refractivity contribution in [1.29, 1.82) is 0 Å². The van der Waals surface area contributed by atoms with Gasteiger partial charge in [0.15, 0.2) is 0 Å². The van der Waals surface area contributed by atoms with Gasteiger partial charge in [-0.2, -0.15) is 0 Å². The highest BCUT2D eigenvalue weighted by Crippen LogP contribution is 2.23. The molecule has 0 spiro atoms. The first-order chi connectivity index (χ1) is 8.85. The van der Waals surface area contributed by atoms with E-state index < -0.39 is 22.4 Å². The van der Waals surface area contributed by atoms with E-state index in [1.807, 2.05) is 0 Å². The third kappa shape index (κ3) is 6.73. The summed E-state index contributed by atoms with van der Waals surface area (Å²) in [5.74, 6) is -0.932. The van der Waals surface area contributed by atoms with Crippen molar-refractivity contribution in [2.45, 2.75) is 52.0 Å². The molecule has 0 fully saturated rings. The van der Waals surface area contributed by atoms with Gasteiger partial charge in [0.25, 0.3) is 0 Å². The second-order valence-corrected chi connectivity index (χ2v) is 4.36. The maximum atomic E-state index is 11.2. The lowest BCUT2D eigenvalue weighted by Gasteiger charge is -2.20. The van der Waals surface area contributed by atoms with E-state index in [4.69, 9.17) is 9.47 Å². The molecular formula is C12H21NO6. The average molecular weight is 275 g/mol. The van der Waals surface area contributed by atoms with Crippen molar-refractivity contribution in [2.24, 2.45) is 0 Å². The largest absolute Gasteiger partial charge is 0.466 e. The van der Waals surface area contributed by atoms with Crippen LogP contribution in [0.15, 0.2) is 0 Å². The van der Waals surface area contributed by atoms with Crippen molar-refractivity contribution in [1.82, 2.24) is 0 Å². The van der Waals surface area contributed by atoms with Crippen molar-refractivity contribution in [3.05, 3.63) is 10.1 Å². The van der Waals surface area contributed by atoms with Gasteiger partial charge >= 0.3 is 11.9 Å². The molecule has 0 atom stereocenters. The third-order valence-corrected chi connectivity index (χ3v) is 2.79. The van der Waals surface area contributed by atoms with Gasteiger partial charge < -0.3 is 9.47 Å². The predicted octanol–water partition coefficient (Wildman–Crippen LogP) is 1.71. The Morgan fingerprint density at radius 3 is 1.68 bits per heavy atom. The van der Waals surface area contributed by atoms with Gasteiger partial charge in [0.2, 0.25) is 5.54 Å². The molecule has 0 unspecified atom stereocenters. The lowest BCUT2D eigenvalue weighted by Crippen LogP contribution is -2.36. The fourth-order valence-electron chi connectivity index (χ4n) is 1.52. The molecule has 0 saturated heterocycles. The van der Waals surface area contributed by atoms with Crippen molar-refractivity contribution in [3.8, 4) is 0 Å². The summed E-state index contributed by atoms with van der Waals surface area (Å²) in [6, 6.07) is 0. The molecule has 0 rings (SSSR count). The highest BCUT2D eigenvalue weighted by molar-refractivity contribution is 5.70. The molecule has 0 heterocycles. The molecule has 0 aliphatic rings. The van der Waals surface area contributed by atoms with Crippen LogP contribution in [0.3, 0.4) is 0 Å². The lowest BCUT2D eigenvalue weighted by molar-refractivity contribution is -0.567. The van der Waals surface area contributed by atoms with E-state index in [0.29, 0.717) is 0 Å². The van der Waals surface area contributed by atoms with Crippen LogP contribution >= 0.6 is 0 Å². The lowest BCUT2D eigenvalue weighted by atomic mass is 9.91. The highest BCUT2D eigenvalue weighted by Gasteiger charge is 2.38. The Hall–Kier alpha value is -1.66. The van der Waals surface area contributed by atoms with E-state index in [-0.39, 0.29) is 38.9 Å². The van der Waals surface area contributed by atoms with E-state index in [1.165, 1.54) is 6.92 Å². The molecule has 0 saturated carbocycles. The second-order valence-electron chi connectivity index (χ2n) is 4.36. The van der Waals surface area contributed by atoms with Crippen LogP contribution in [0.5, 0.6) is 0 Å². The van der Waals surface area contributed by atoms with Crippen LogP contribution in [0.2, 0.25) is 0 Å². The van der Waals surface area contributed by atoms with Crippen LogP contribution in [-0.2, 0) is 19.1 Å². The zero-order chi connectivity index (χ0) is 14.9. The first-order valence-corrected chi connectivity index (χ1v) is 6.31. The van der Waals surface area contributed by atoms with Crippen LogP contribution in [-0.4, -0.2) is 35.6 Å². The van der Waals surface area contributed by atoms with Crippen LogP contribution in [0.1, 0.15) is 46.5 Å². The number of ether oxygens (including phenoxy) is 2. The molecule has 0 radical (unpaired) electrons. The molecular weight excluding hydrogens is 254 g/mol. The number of nitrogens with zero attached hydrogens (tertiary/aromatic N) is 1. The Labute approximate surface area is 112 Å². The quantitative estimate of drug-likeness (QED) is 0.361. The molecule has 0 aliphatic heterocycles. The van der Waals surface area contributed by atoms with E-state index in [2.05, 4.69) is 0 Å². The Kier molecular flexibility index (Phi) is 7.71. The van der Waals surface area contributed by atoms with E-state index in [9.17, 15) is 19.7 Å². The van der Waals surface area contributed by atoms with Crippen molar-refractivity contribution < 1.29 is 24.0 Å². The first kappa shape index (κ1) is 17.3. The summed E-state index contributed by atoms with van der Waals surface area (Å²) in [7, 11) is 0. The number of hydrogen-bond donors (Lipinski definition) is 0. The Balaban J connectivity index is 4.38. The van der Waals surface area contributed by atoms with Crippen LogP contribution in [0, 0.1) is 10.1 Å². The normalized spacial score (nSPS) is 10.9. The van der Waals surface area contributed by atoms with Crippen molar-refractivity contribution in [2.75, 3.05) is 13.2 Å². The van der Waals surface area contributed by atoms with Gasteiger partial charge in [-0.25, -0.2) is 0 Å². The minimum absolute atomic E-state index is 0.0336. The number of carbonyl (C=O) groups is 2. The van der Waals surface area contributed by atoms with Crippen LogP contribution in [0.25, 0.3) is 0 Å². The molecule has 0 bridgehead atoms. The minimum Gasteiger partial charge on any atom is -0.466 e. The molecule has 19 heavy (non-hydrogen) atoms. The summed E-state index contributed by atoms with van der Waals surface area (Å²) in [4.78, 5) is 33.0. The van der Waals surface area contributed by atoms with Gasteiger partial charge in [0.05, 0.1) is 26.1 Å². The summed E-state index contributed by atoms with van der Waals surface area (Å²) < 4.78 is 9.46. The Morgan fingerprint density at radius 2 is 1.42 bits per heavy atom. The van der Waals surface area contributed by atoms with Gasteiger partial charge in [-0.1, -0.05) is 0 Å². The molecule has 0 aliphatic carbocycles. The van der Waals surface area contributed by atoms with E-state index in [1.54, 1.807) is 13.8 Å². The van der Waals surface area contributed by atoms with Gasteiger partial charge in [-0.3, -0.25) is 19.7 Å². The predicted molar refractivity (Wildman–Crippen MR) is 67.1 cm³/mol. The summed E-state index contributed by atoms with van der Waals surface area (Å²) in [5, 5.41) is 11.1. The number of rotatable bonds is 9. The Bertz CT molecular complexity index is 306. The highest BCUT2D eigenvalue weighted by atomic mass is 16.6. The SMILES string of the molecule is CCOC(=O)CCC(C)(CCC(=O)OCC)[N+](=O)[O-]. The molecule has 0 N–H and O–H groups in total. The van der Waals surface area contributed by atoms with Crippen molar-refractivity contribution in [3.63, 3.8) is 0 Å². The molecule has 7 heteroatoms. The van der Waals surface area contributed by atoms with E-state index >= 15 is 0 Å². The zero-order valence-corrected chi connectivity index (χ0v) is 11.6. The van der Waals surface area contributed by atoms with Gasteiger partial charge in [-0.05, 0) is 13.8 Å². The maximum Gasteiger partial charge on any atom is 0.306 e. The summed E-state index contributed by atoms with van der Waals surface area (Å²) in [6.45, 7) is 5.26. The number of nitro groups is 1. The topological polar surface area (TPSA) is 95.7 Å². The second kappa shape index (κ2) is 8.44. The fraction of sp³-hybridized carbons (Fsp3) is 0.833. The molecule has 110 valence electrons. The standard InChI is InChI=1S/C12H21NO6/c1-4-18-10(14)6-8-12(3,13(16)17)9-7-11(15)19-5-2/h4-9H2,1-3H3. The van der Waals surface area contributed by atoms with Gasteiger partial charge in [-0.15, -0.1) is 0 Å². The van der Waals surface area contributed by atoms with Crippen LogP contribution < -0.4 is 0 Å². The Morgan fingerprint density at radius 1 is 1.05 bits per heavy atom. The fourth-order valence-corrected chi connectivity index (χ4v) is 1.52. The number of esters is 2. The number of hydrogen-bond acceptors (Lipinski definition) is 6. The van der Waals surface area contributed by atoms with Gasteiger partial charge in [0, 0.05) is 24.7 Å². The minimum atomic E-state index is -1.32. The zero-order valence-electron chi connectivity index (χ0n) is 11.6. The summed E-state index contributed by atoms with van der Waals surface area (Å²) in [6.07, 6.45) is 0.0127. The maximum absolute atomic E-state index is 11.2. The first-order valence-electron chi connectivity index (χ1n) is 6.31. The van der Waals surface area contributed by atoms with Gasteiger partial charge in [0.1, 0.15) is 0 Å².